The predicted octanol–water partition coefficient (Wildman–Crippen LogP) is 3.02. The van der Waals surface area contributed by atoms with E-state index in [1.165, 1.54) is 12.1 Å². The summed E-state index contributed by atoms with van der Waals surface area (Å²) in [6.07, 6.45) is 0. The van der Waals surface area contributed by atoms with Crippen LogP contribution >= 0.6 is 0 Å². The standard InChI is InChI=1S/C18H23FN2O2S/c1-13-8-9-17(10-14(13)2)24(22,23)20-12-18(21(3)4)15-6-5-7-16(19)11-15/h5-11,18,20H,12H2,1-4H3. The van der Waals surface area contributed by atoms with Gasteiger partial charge in [-0.25, -0.2) is 17.5 Å². The molecule has 2 aromatic rings. The molecule has 0 amide bonds. The van der Waals surface area contributed by atoms with Crippen molar-refractivity contribution >= 4 is 10.0 Å². The van der Waals surface area contributed by atoms with Crippen LogP contribution in [0.1, 0.15) is 22.7 Å². The molecule has 0 saturated heterocycles. The molecule has 0 aliphatic rings. The molecule has 2 rings (SSSR count). The molecule has 1 atom stereocenters. The topological polar surface area (TPSA) is 49.4 Å². The van der Waals surface area contributed by atoms with Crippen molar-refractivity contribution in [1.82, 2.24) is 9.62 Å². The summed E-state index contributed by atoms with van der Waals surface area (Å²) in [7, 11) is 0.0498. The second-order valence-electron chi connectivity index (χ2n) is 6.13. The molecular weight excluding hydrogens is 327 g/mol. The Hall–Kier alpha value is -1.76. The molecule has 4 nitrogen and oxygen atoms in total. The Morgan fingerprint density at radius 1 is 1.08 bits per heavy atom. The maximum Gasteiger partial charge on any atom is 0.240 e. The molecule has 0 heterocycles. The number of sulfonamides is 1. The first-order valence-corrected chi connectivity index (χ1v) is 9.18. The zero-order valence-electron chi connectivity index (χ0n) is 14.4. The largest absolute Gasteiger partial charge is 0.301 e. The third-order valence-electron chi connectivity index (χ3n) is 4.11. The number of benzene rings is 2. The van der Waals surface area contributed by atoms with Gasteiger partial charge in [-0.2, -0.15) is 0 Å². The van der Waals surface area contributed by atoms with Crippen LogP contribution in [0.15, 0.2) is 47.4 Å². The smallest absolute Gasteiger partial charge is 0.240 e. The first-order valence-electron chi connectivity index (χ1n) is 7.69. The van der Waals surface area contributed by atoms with Gasteiger partial charge in [0, 0.05) is 12.6 Å². The van der Waals surface area contributed by atoms with E-state index >= 15 is 0 Å². The zero-order valence-corrected chi connectivity index (χ0v) is 15.2. The van der Waals surface area contributed by atoms with Crippen LogP contribution in [-0.2, 0) is 10.0 Å². The highest BCUT2D eigenvalue weighted by molar-refractivity contribution is 7.89. The van der Waals surface area contributed by atoms with Crippen molar-refractivity contribution in [3.05, 3.63) is 65.0 Å². The van der Waals surface area contributed by atoms with Gasteiger partial charge in [0.25, 0.3) is 0 Å². The van der Waals surface area contributed by atoms with Crippen molar-refractivity contribution in [1.29, 1.82) is 0 Å². The number of aryl methyl sites for hydroxylation is 2. The molecule has 24 heavy (non-hydrogen) atoms. The molecular formula is C18H23FN2O2S. The van der Waals surface area contributed by atoms with E-state index < -0.39 is 10.0 Å². The van der Waals surface area contributed by atoms with Gasteiger partial charge in [-0.15, -0.1) is 0 Å². The van der Waals surface area contributed by atoms with Crippen LogP contribution in [0.5, 0.6) is 0 Å². The van der Waals surface area contributed by atoms with E-state index in [9.17, 15) is 12.8 Å². The minimum atomic E-state index is -3.62. The Kier molecular flexibility index (Phi) is 5.74. The molecule has 0 aliphatic heterocycles. The van der Waals surface area contributed by atoms with Gasteiger partial charge in [0.1, 0.15) is 5.82 Å². The molecule has 2 aromatic carbocycles. The van der Waals surface area contributed by atoms with Gasteiger partial charge >= 0.3 is 0 Å². The van der Waals surface area contributed by atoms with Gasteiger partial charge in [0.05, 0.1) is 4.90 Å². The van der Waals surface area contributed by atoms with Crippen LogP contribution in [0, 0.1) is 19.7 Å². The number of rotatable bonds is 6. The number of likely N-dealkylation sites (N-methyl/N-ethyl adjacent to an activating group) is 1. The van der Waals surface area contributed by atoms with Crippen LogP contribution in [-0.4, -0.2) is 34.0 Å². The maximum absolute atomic E-state index is 13.5. The van der Waals surface area contributed by atoms with Crippen LogP contribution in [0.4, 0.5) is 4.39 Å². The Morgan fingerprint density at radius 2 is 1.79 bits per heavy atom. The van der Waals surface area contributed by atoms with Gasteiger partial charge in [-0.05, 0) is 68.9 Å². The average Bonchev–Trinajstić information content (AvgIpc) is 2.49. The molecule has 0 bridgehead atoms. The lowest BCUT2D eigenvalue weighted by Gasteiger charge is -2.25. The average molecular weight is 350 g/mol. The summed E-state index contributed by atoms with van der Waals surface area (Å²) in [4.78, 5) is 2.10. The van der Waals surface area contributed by atoms with Crippen LogP contribution in [0.3, 0.4) is 0 Å². The van der Waals surface area contributed by atoms with E-state index in [2.05, 4.69) is 4.72 Å². The van der Waals surface area contributed by atoms with Crippen molar-refractivity contribution in [3.63, 3.8) is 0 Å². The van der Waals surface area contributed by atoms with Crippen molar-refractivity contribution in [3.8, 4) is 0 Å². The molecule has 0 aromatic heterocycles. The Labute approximate surface area is 143 Å². The van der Waals surface area contributed by atoms with E-state index in [1.54, 1.807) is 30.3 Å². The Morgan fingerprint density at radius 3 is 2.38 bits per heavy atom. The van der Waals surface area contributed by atoms with Gasteiger partial charge in [-0.3, -0.25) is 0 Å². The summed E-state index contributed by atoms with van der Waals surface area (Å²) >= 11 is 0. The number of nitrogens with zero attached hydrogens (tertiary/aromatic N) is 1. The lowest BCUT2D eigenvalue weighted by atomic mass is 10.1. The first kappa shape index (κ1) is 18.6. The number of halogens is 1. The zero-order chi connectivity index (χ0) is 17.9. The number of nitrogens with one attached hydrogen (secondary N) is 1. The normalized spacial score (nSPS) is 13.2. The fourth-order valence-corrected chi connectivity index (χ4v) is 3.59. The molecule has 0 radical (unpaired) electrons. The summed E-state index contributed by atoms with van der Waals surface area (Å²) in [6, 6.07) is 11.0. The molecule has 1 unspecified atom stereocenters. The summed E-state index contributed by atoms with van der Waals surface area (Å²) in [6.45, 7) is 3.97. The monoisotopic (exact) mass is 350 g/mol. The highest BCUT2D eigenvalue weighted by atomic mass is 32.2. The summed E-state index contributed by atoms with van der Waals surface area (Å²) in [5.41, 5.74) is 2.69. The van der Waals surface area contributed by atoms with Crippen LogP contribution in [0.2, 0.25) is 0 Å². The fourth-order valence-electron chi connectivity index (χ4n) is 2.47. The van der Waals surface area contributed by atoms with E-state index in [1.807, 2.05) is 32.8 Å². The van der Waals surface area contributed by atoms with Crippen LogP contribution < -0.4 is 4.72 Å². The quantitative estimate of drug-likeness (QED) is 0.871. The second kappa shape index (κ2) is 7.42. The second-order valence-corrected chi connectivity index (χ2v) is 7.90. The van der Waals surface area contributed by atoms with Gasteiger partial charge in [-0.1, -0.05) is 18.2 Å². The molecule has 130 valence electrons. The Bertz CT molecular complexity index is 820. The molecule has 0 aliphatic carbocycles. The number of hydrogen-bond acceptors (Lipinski definition) is 3. The lowest BCUT2D eigenvalue weighted by molar-refractivity contribution is 0.299. The molecule has 6 heteroatoms. The third-order valence-corrected chi connectivity index (χ3v) is 5.53. The maximum atomic E-state index is 13.5. The predicted molar refractivity (Wildman–Crippen MR) is 93.9 cm³/mol. The van der Waals surface area contributed by atoms with Gasteiger partial charge in [0.2, 0.25) is 10.0 Å². The van der Waals surface area contributed by atoms with E-state index in [-0.39, 0.29) is 23.3 Å². The first-order chi connectivity index (χ1) is 11.2. The van der Waals surface area contributed by atoms with Crippen LogP contribution in [0.25, 0.3) is 0 Å². The molecule has 1 N–H and O–H groups in total. The summed E-state index contributed by atoms with van der Waals surface area (Å²) in [5.74, 6) is -0.337. The molecule has 0 spiro atoms. The van der Waals surface area contributed by atoms with Gasteiger partial charge in [0.15, 0.2) is 0 Å². The van der Waals surface area contributed by atoms with E-state index in [0.29, 0.717) is 0 Å². The number of hydrogen-bond donors (Lipinski definition) is 1. The SMILES string of the molecule is Cc1ccc(S(=O)(=O)NCC(c2cccc(F)c2)N(C)C)cc1C. The summed E-state index contributed by atoms with van der Waals surface area (Å²) in [5, 5.41) is 0. The van der Waals surface area contributed by atoms with Crippen molar-refractivity contribution in [2.75, 3.05) is 20.6 Å². The van der Waals surface area contributed by atoms with E-state index in [4.69, 9.17) is 0 Å². The fraction of sp³-hybridized carbons (Fsp3) is 0.333. The van der Waals surface area contributed by atoms with Crippen molar-refractivity contribution in [2.45, 2.75) is 24.8 Å². The third kappa shape index (κ3) is 4.41. The lowest BCUT2D eigenvalue weighted by Crippen LogP contribution is -2.34. The van der Waals surface area contributed by atoms with Crippen molar-refractivity contribution in [2.24, 2.45) is 0 Å². The van der Waals surface area contributed by atoms with E-state index in [0.717, 1.165) is 16.7 Å². The highest BCUT2D eigenvalue weighted by Crippen LogP contribution is 2.20. The minimum absolute atomic E-state index is 0.158. The molecule has 0 fully saturated rings. The minimum Gasteiger partial charge on any atom is -0.301 e. The summed E-state index contributed by atoms with van der Waals surface area (Å²) < 4.78 is 41.1. The highest BCUT2D eigenvalue weighted by Gasteiger charge is 2.20. The molecule has 0 saturated carbocycles. The Balaban J connectivity index is 2.20. The van der Waals surface area contributed by atoms with Gasteiger partial charge < -0.3 is 4.90 Å². The van der Waals surface area contributed by atoms with Crippen molar-refractivity contribution < 1.29 is 12.8 Å².